The monoisotopic (exact) mass is 1160 g/mol. The molecule has 0 radical (unpaired) electrons. The number of amides is 1. The second-order valence-electron chi connectivity index (χ2n) is 23.8. The molecule has 3 unspecified atom stereocenters. The van der Waals surface area contributed by atoms with Crippen LogP contribution in [0.15, 0.2) is 122 Å². The van der Waals surface area contributed by atoms with Crippen LogP contribution in [0.4, 0.5) is 0 Å². The van der Waals surface area contributed by atoms with E-state index in [4.69, 9.17) is 9.05 Å². The summed E-state index contributed by atoms with van der Waals surface area (Å²) in [5.74, 6) is -0.198. The minimum Gasteiger partial charge on any atom is -0.387 e. The maximum absolute atomic E-state index is 13.0. The van der Waals surface area contributed by atoms with E-state index in [0.717, 1.165) is 116 Å². The first-order valence-corrected chi connectivity index (χ1v) is 35.4. The van der Waals surface area contributed by atoms with Crippen molar-refractivity contribution in [3.8, 4) is 0 Å². The van der Waals surface area contributed by atoms with Crippen LogP contribution in [0.3, 0.4) is 0 Å². The number of hydrogen-bond donors (Lipinski definition) is 3. The van der Waals surface area contributed by atoms with Crippen molar-refractivity contribution in [1.82, 2.24) is 5.32 Å². The van der Waals surface area contributed by atoms with Gasteiger partial charge in [0, 0.05) is 6.42 Å². The largest absolute Gasteiger partial charge is 0.472 e. The van der Waals surface area contributed by atoms with Crippen LogP contribution in [0.2, 0.25) is 0 Å². The summed E-state index contributed by atoms with van der Waals surface area (Å²) in [6.45, 7) is 4.70. The van der Waals surface area contributed by atoms with Gasteiger partial charge in [0.2, 0.25) is 5.91 Å². The molecule has 0 aromatic heterocycles. The zero-order valence-electron chi connectivity index (χ0n) is 53.9. The highest BCUT2D eigenvalue weighted by Gasteiger charge is 2.28. The maximum atomic E-state index is 13.0. The number of quaternary nitrogens is 1. The first-order chi connectivity index (χ1) is 40.0. The first-order valence-electron chi connectivity index (χ1n) is 33.9. The number of carbonyl (C=O) groups is 1. The fourth-order valence-corrected chi connectivity index (χ4v) is 10.2. The van der Waals surface area contributed by atoms with Crippen molar-refractivity contribution >= 4 is 13.7 Å². The molecule has 0 saturated heterocycles. The van der Waals surface area contributed by atoms with Gasteiger partial charge in [0.25, 0.3) is 0 Å². The molecule has 3 atom stereocenters. The SMILES string of the molecule is CC/C=C\C/C=C\C/C=C\C/C=C\C/C=C\C/C=C\C/C=C\C/C=C\C/C=C\CCCCCCCC(=O)NC(COP(=O)(O)OCC[N+](C)(C)C)C(O)/C=C/CCCCCCCCCCCCCCCCCCCCCCCCCCC. The van der Waals surface area contributed by atoms with Gasteiger partial charge >= 0.3 is 7.82 Å². The lowest BCUT2D eigenvalue weighted by atomic mass is 10.0. The van der Waals surface area contributed by atoms with Crippen molar-refractivity contribution in [2.75, 3.05) is 40.9 Å². The van der Waals surface area contributed by atoms with Gasteiger partial charge in [0.15, 0.2) is 0 Å². The molecule has 82 heavy (non-hydrogen) atoms. The number of nitrogens with one attached hydrogen (secondary N) is 1. The molecule has 8 nitrogen and oxygen atoms in total. The zero-order chi connectivity index (χ0) is 59.8. The Balaban J connectivity index is 4.21. The van der Waals surface area contributed by atoms with Crippen LogP contribution in [-0.4, -0.2) is 73.4 Å². The predicted molar refractivity (Wildman–Crippen MR) is 359 cm³/mol. The van der Waals surface area contributed by atoms with Crippen LogP contribution in [0.5, 0.6) is 0 Å². The van der Waals surface area contributed by atoms with Crippen LogP contribution in [0.1, 0.15) is 284 Å². The molecule has 0 bridgehead atoms. The molecule has 0 aliphatic heterocycles. The van der Waals surface area contributed by atoms with E-state index in [1.807, 2.05) is 27.2 Å². The lowest BCUT2D eigenvalue weighted by Crippen LogP contribution is -2.45. The van der Waals surface area contributed by atoms with Gasteiger partial charge in [-0.2, -0.15) is 0 Å². The van der Waals surface area contributed by atoms with Crippen LogP contribution in [-0.2, 0) is 18.4 Å². The third-order valence-corrected chi connectivity index (χ3v) is 15.7. The Labute approximate surface area is 507 Å². The van der Waals surface area contributed by atoms with E-state index in [9.17, 15) is 19.4 Å². The van der Waals surface area contributed by atoms with E-state index in [-0.39, 0.29) is 19.1 Å². The smallest absolute Gasteiger partial charge is 0.387 e. The van der Waals surface area contributed by atoms with Gasteiger partial charge in [-0.1, -0.05) is 309 Å². The molecular weight excluding hydrogens is 1030 g/mol. The average Bonchev–Trinajstić information content (AvgIpc) is 3.47. The molecule has 472 valence electrons. The van der Waals surface area contributed by atoms with Gasteiger partial charge in [-0.3, -0.25) is 13.8 Å². The number of hydrogen-bond acceptors (Lipinski definition) is 5. The second-order valence-corrected chi connectivity index (χ2v) is 25.3. The van der Waals surface area contributed by atoms with Gasteiger partial charge in [0.1, 0.15) is 13.2 Å². The van der Waals surface area contributed by atoms with Gasteiger partial charge in [-0.05, 0) is 89.9 Å². The van der Waals surface area contributed by atoms with E-state index in [0.29, 0.717) is 17.4 Å². The topological polar surface area (TPSA) is 105 Å². The lowest BCUT2D eigenvalue weighted by Gasteiger charge is -2.25. The van der Waals surface area contributed by atoms with Crippen molar-refractivity contribution < 1.29 is 32.9 Å². The molecule has 9 heteroatoms. The highest BCUT2D eigenvalue weighted by atomic mass is 31.2. The Bertz CT molecular complexity index is 1750. The Hall–Kier alpha value is -3.10. The van der Waals surface area contributed by atoms with E-state index in [2.05, 4.69) is 129 Å². The third kappa shape index (κ3) is 64.5. The summed E-state index contributed by atoms with van der Waals surface area (Å²) in [6, 6.07) is -0.868. The molecular formula is C73H130N2O6P+. The molecule has 0 fully saturated rings. The van der Waals surface area contributed by atoms with Crippen molar-refractivity contribution in [1.29, 1.82) is 0 Å². The summed E-state index contributed by atoms with van der Waals surface area (Å²) < 4.78 is 23.8. The number of unbranched alkanes of at least 4 members (excludes halogenated alkanes) is 30. The Kier molecular flexibility index (Phi) is 60.1. The molecule has 1 amide bonds. The summed E-state index contributed by atoms with van der Waals surface area (Å²) in [4.78, 5) is 23.4. The summed E-state index contributed by atoms with van der Waals surface area (Å²) in [6.07, 6.45) is 93.3. The Morgan fingerprint density at radius 2 is 0.732 bits per heavy atom. The number of likely N-dealkylation sites (N-methyl/N-ethyl adjacent to an activating group) is 1. The zero-order valence-corrected chi connectivity index (χ0v) is 54.8. The Morgan fingerprint density at radius 1 is 0.427 bits per heavy atom. The third-order valence-electron chi connectivity index (χ3n) is 14.7. The number of phosphoric ester groups is 1. The van der Waals surface area contributed by atoms with Gasteiger partial charge in [-0.15, -0.1) is 0 Å². The fraction of sp³-hybridized carbons (Fsp3) is 0.712. The van der Waals surface area contributed by atoms with E-state index in [1.54, 1.807) is 6.08 Å². The number of aliphatic hydroxyl groups is 1. The Morgan fingerprint density at radius 3 is 1.07 bits per heavy atom. The minimum absolute atomic E-state index is 0.0513. The maximum Gasteiger partial charge on any atom is 0.472 e. The van der Waals surface area contributed by atoms with E-state index in [1.165, 1.54) is 148 Å². The quantitative estimate of drug-likeness (QED) is 0.0243. The van der Waals surface area contributed by atoms with Crippen molar-refractivity contribution in [3.63, 3.8) is 0 Å². The van der Waals surface area contributed by atoms with Crippen LogP contribution >= 0.6 is 7.82 Å². The number of nitrogens with zero attached hydrogens (tertiary/aromatic N) is 1. The minimum atomic E-state index is -4.37. The fourth-order valence-electron chi connectivity index (χ4n) is 9.45. The molecule has 3 N–H and O–H groups in total. The molecule has 0 aliphatic rings. The highest BCUT2D eigenvalue weighted by molar-refractivity contribution is 7.47. The van der Waals surface area contributed by atoms with Crippen LogP contribution in [0.25, 0.3) is 0 Å². The molecule has 0 spiro atoms. The number of rotatable bonds is 61. The number of allylic oxidation sites excluding steroid dienone is 19. The number of aliphatic hydroxyl groups excluding tert-OH is 1. The van der Waals surface area contributed by atoms with Crippen LogP contribution in [0, 0.1) is 0 Å². The first kappa shape index (κ1) is 78.9. The molecule has 0 rings (SSSR count). The molecule has 0 aliphatic carbocycles. The molecule has 0 aromatic carbocycles. The molecule has 0 heterocycles. The molecule has 0 aromatic rings. The van der Waals surface area contributed by atoms with Crippen molar-refractivity contribution in [3.05, 3.63) is 122 Å². The van der Waals surface area contributed by atoms with Gasteiger partial charge < -0.3 is 19.8 Å². The summed E-state index contributed by atoms with van der Waals surface area (Å²) in [5, 5.41) is 14.0. The second kappa shape index (κ2) is 62.4. The van der Waals surface area contributed by atoms with E-state index < -0.39 is 20.0 Å². The lowest BCUT2D eigenvalue weighted by molar-refractivity contribution is -0.870. The molecule has 0 saturated carbocycles. The van der Waals surface area contributed by atoms with Gasteiger partial charge in [-0.25, -0.2) is 4.57 Å². The highest BCUT2D eigenvalue weighted by Crippen LogP contribution is 2.43. The number of phosphoric acid groups is 1. The van der Waals surface area contributed by atoms with Gasteiger partial charge in [0.05, 0.1) is 39.9 Å². The average molecular weight is 1160 g/mol. The standard InChI is InChI=1S/C73H129N2O6P/c1-6-8-10-12-14-16-18-20-22-24-26-28-30-32-34-35-36-37-38-39-41-43-45-47-49-51-53-55-57-59-61-63-65-67-73(77)74-71(70-81-82(78,79)80-69-68-75(3,4)5)72(76)66-64-62-60-58-56-54-52-50-48-46-44-42-40-33-31-29-27-25-23-21-19-17-15-13-11-9-7-2/h8,10,14,16,20,22,26,28,32,34,36-37,39,41,45,47,51,53,64,66,71-72,76H,6-7,9,11-13,15,17-19,21,23-25,27,29-31,33,35,38,40,42-44,46,48-50,52,54-63,65,67-70H2,1-5H3,(H-,74,77,78,79)/p+1/b10-8-,16-14-,22-20-,28-26-,34-32-,37-36-,41-39-,47-45-,53-51-,66-64+. The predicted octanol–water partition coefficient (Wildman–Crippen LogP) is 21.7. The van der Waals surface area contributed by atoms with Crippen LogP contribution < -0.4 is 5.32 Å². The van der Waals surface area contributed by atoms with E-state index >= 15 is 0 Å². The summed E-state index contributed by atoms with van der Waals surface area (Å²) >= 11 is 0. The van der Waals surface area contributed by atoms with Crippen molar-refractivity contribution in [2.24, 2.45) is 0 Å². The summed E-state index contributed by atoms with van der Waals surface area (Å²) in [5.41, 5.74) is 0. The van der Waals surface area contributed by atoms with Crippen molar-refractivity contribution in [2.45, 2.75) is 296 Å². The summed E-state index contributed by atoms with van der Waals surface area (Å²) in [7, 11) is 1.55. The normalized spacial score (nSPS) is 14.5. The number of carbonyl (C=O) groups excluding carboxylic acids is 1.